The molecule has 0 aromatic carbocycles. The molecule has 16 heavy (non-hydrogen) atoms. The Hall–Kier alpha value is -1.60. The second-order valence-corrected chi connectivity index (χ2v) is 2.82. The fourth-order valence-electron chi connectivity index (χ4n) is 1.07. The fourth-order valence-corrected chi connectivity index (χ4v) is 1.07. The monoisotopic (exact) mass is 242 g/mol. The summed E-state index contributed by atoms with van der Waals surface area (Å²) in [7, 11) is 1.01. The number of nitrogen functional groups attached to an aromatic ring is 1. The van der Waals surface area contributed by atoms with E-state index in [4.69, 9.17) is 5.73 Å². The molecule has 2 N–H and O–H groups in total. The van der Waals surface area contributed by atoms with E-state index in [1.165, 1.54) is 0 Å². The lowest BCUT2D eigenvalue weighted by Gasteiger charge is -2.13. The van der Waals surface area contributed by atoms with E-state index in [-0.39, 0.29) is 6.07 Å². The van der Waals surface area contributed by atoms with E-state index >= 15 is 0 Å². The number of rotatable bonds is 2. The van der Waals surface area contributed by atoms with Crippen molar-refractivity contribution in [1.29, 1.82) is 0 Å². The fraction of sp³-hybridized carbons (Fsp3) is 0.375. The van der Waals surface area contributed by atoms with Crippen molar-refractivity contribution in [2.45, 2.75) is 12.6 Å². The van der Waals surface area contributed by atoms with Crippen LogP contribution in [0.2, 0.25) is 0 Å². The predicted octanol–water partition coefficient (Wildman–Crippen LogP) is 2.63. The first-order chi connectivity index (χ1) is 7.27. The number of aromatic nitrogens is 1. The molecule has 8 heteroatoms. The third kappa shape index (κ3) is 2.31. The maximum absolute atomic E-state index is 12.4. The Balaban J connectivity index is 3.39. The van der Waals surface area contributed by atoms with Crippen LogP contribution in [0.4, 0.5) is 27.8 Å². The lowest BCUT2D eigenvalue weighted by Crippen LogP contribution is -2.12. The van der Waals surface area contributed by atoms with Crippen molar-refractivity contribution in [2.24, 2.45) is 0 Å². The van der Waals surface area contributed by atoms with Crippen molar-refractivity contribution in [1.82, 2.24) is 4.98 Å². The van der Waals surface area contributed by atoms with Gasteiger partial charge in [0.15, 0.2) is 0 Å². The van der Waals surface area contributed by atoms with Crippen molar-refractivity contribution in [2.75, 3.05) is 12.8 Å². The average molecular weight is 242 g/mol. The summed E-state index contributed by atoms with van der Waals surface area (Å²) in [5.41, 5.74) is 2.66. The molecule has 0 saturated heterocycles. The van der Waals surface area contributed by atoms with Crippen LogP contribution in [0, 0.1) is 0 Å². The molecule has 3 nitrogen and oxygen atoms in total. The van der Waals surface area contributed by atoms with E-state index in [1.54, 1.807) is 0 Å². The van der Waals surface area contributed by atoms with Gasteiger partial charge in [-0.2, -0.15) is 18.2 Å². The molecular weight excluding hydrogens is 235 g/mol. The highest BCUT2D eigenvalue weighted by Gasteiger charge is 2.36. The first-order valence-electron chi connectivity index (χ1n) is 3.97. The largest absolute Gasteiger partial charge is 0.481 e. The second-order valence-electron chi connectivity index (χ2n) is 2.82. The first-order valence-corrected chi connectivity index (χ1v) is 3.97. The number of methoxy groups -OCH3 is 1. The number of nitrogens with two attached hydrogens (primary N) is 1. The third-order valence-corrected chi connectivity index (χ3v) is 1.78. The number of anilines is 1. The predicted molar refractivity (Wildman–Crippen MR) is 45.2 cm³/mol. The molecule has 1 rings (SSSR count). The van der Waals surface area contributed by atoms with Crippen LogP contribution in [-0.4, -0.2) is 12.1 Å². The van der Waals surface area contributed by atoms with Gasteiger partial charge in [-0.15, -0.1) is 0 Å². The smallest absolute Gasteiger partial charge is 0.419 e. The molecule has 0 atom stereocenters. The second kappa shape index (κ2) is 4.11. The van der Waals surface area contributed by atoms with Crippen LogP contribution in [0.1, 0.15) is 17.6 Å². The van der Waals surface area contributed by atoms with Crippen molar-refractivity contribution < 1.29 is 26.7 Å². The highest BCUT2D eigenvalue weighted by molar-refractivity contribution is 5.48. The van der Waals surface area contributed by atoms with Gasteiger partial charge in [-0.3, -0.25) is 0 Å². The Labute approximate surface area is 87.0 Å². The van der Waals surface area contributed by atoms with Crippen LogP contribution in [0.3, 0.4) is 0 Å². The lowest BCUT2D eigenvalue weighted by atomic mass is 10.1. The summed E-state index contributed by atoms with van der Waals surface area (Å²) < 4.78 is 66.2. The zero-order chi connectivity index (χ0) is 12.5. The van der Waals surface area contributed by atoms with Gasteiger partial charge in [-0.05, 0) is 6.07 Å². The molecule has 0 aliphatic carbocycles. The highest BCUT2D eigenvalue weighted by atomic mass is 19.4. The number of halogens is 5. The Bertz CT molecular complexity index is 391. The minimum Gasteiger partial charge on any atom is -0.481 e. The first kappa shape index (κ1) is 12.5. The van der Waals surface area contributed by atoms with Crippen molar-refractivity contribution in [3.8, 4) is 5.88 Å². The lowest BCUT2D eigenvalue weighted by molar-refractivity contribution is -0.137. The van der Waals surface area contributed by atoms with Gasteiger partial charge in [0, 0.05) is 0 Å². The number of hydrogen-bond acceptors (Lipinski definition) is 3. The molecule has 0 aliphatic rings. The van der Waals surface area contributed by atoms with Gasteiger partial charge < -0.3 is 10.5 Å². The summed E-state index contributed by atoms with van der Waals surface area (Å²) in [6.45, 7) is 0. The Morgan fingerprint density at radius 1 is 1.38 bits per heavy atom. The molecule has 0 saturated carbocycles. The molecule has 0 radical (unpaired) electrons. The summed E-state index contributed by atoms with van der Waals surface area (Å²) in [6.07, 6.45) is -7.95. The molecule has 1 aromatic heterocycles. The molecule has 1 aromatic rings. The maximum Gasteiger partial charge on any atom is 0.419 e. The van der Waals surface area contributed by atoms with Gasteiger partial charge >= 0.3 is 6.18 Å². The van der Waals surface area contributed by atoms with E-state index in [0.717, 1.165) is 7.11 Å². The molecule has 1 heterocycles. The van der Waals surface area contributed by atoms with Gasteiger partial charge in [0.2, 0.25) is 5.88 Å². The summed E-state index contributed by atoms with van der Waals surface area (Å²) in [5.74, 6) is -1.51. The summed E-state index contributed by atoms with van der Waals surface area (Å²) >= 11 is 0. The number of hydrogen-bond donors (Lipinski definition) is 1. The van der Waals surface area contributed by atoms with Gasteiger partial charge in [0.05, 0.1) is 18.2 Å². The molecule has 0 aliphatic heterocycles. The molecule has 0 bridgehead atoms. The summed E-state index contributed by atoms with van der Waals surface area (Å²) in [5, 5.41) is 0. The average Bonchev–Trinajstić information content (AvgIpc) is 2.14. The van der Waals surface area contributed by atoms with Crippen molar-refractivity contribution in [3.05, 3.63) is 17.2 Å². The van der Waals surface area contributed by atoms with Gasteiger partial charge in [-0.25, -0.2) is 8.78 Å². The third-order valence-electron chi connectivity index (χ3n) is 1.78. The normalized spacial score (nSPS) is 11.9. The Morgan fingerprint density at radius 3 is 2.31 bits per heavy atom. The van der Waals surface area contributed by atoms with Crippen molar-refractivity contribution in [3.63, 3.8) is 0 Å². The van der Waals surface area contributed by atoms with Crippen LogP contribution < -0.4 is 10.5 Å². The quantitative estimate of drug-likeness (QED) is 0.811. The van der Waals surface area contributed by atoms with Crippen molar-refractivity contribution >= 4 is 5.82 Å². The standard InChI is InChI=1S/C8H7F5N2O/c1-16-7-3(5(9)10)2-4(6(14)15-7)8(11,12)13/h2,5H,1H3,(H2,14,15). The highest BCUT2D eigenvalue weighted by Crippen LogP contribution is 2.38. The molecular formula is C8H7F5N2O. The van der Waals surface area contributed by atoms with E-state index in [0.29, 0.717) is 0 Å². The Kier molecular flexibility index (Phi) is 3.20. The van der Waals surface area contributed by atoms with Crippen LogP contribution in [0.25, 0.3) is 0 Å². The van der Waals surface area contributed by atoms with E-state index in [9.17, 15) is 22.0 Å². The van der Waals surface area contributed by atoms with Crippen LogP contribution in [-0.2, 0) is 6.18 Å². The number of pyridine rings is 1. The zero-order valence-electron chi connectivity index (χ0n) is 7.98. The summed E-state index contributed by atoms with van der Waals surface area (Å²) in [6, 6.07) is 0.242. The van der Waals surface area contributed by atoms with Crippen LogP contribution in [0.15, 0.2) is 6.07 Å². The molecule has 0 spiro atoms. The topological polar surface area (TPSA) is 48.1 Å². The van der Waals surface area contributed by atoms with E-state index in [1.807, 2.05) is 0 Å². The number of nitrogens with zero attached hydrogens (tertiary/aromatic N) is 1. The maximum atomic E-state index is 12.4. The minimum absolute atomic E-state index is 0.242. The van der Waals surface area contributed by atoms with E-state index < -0.39 is 35.4 Å². The van der Waals surface area contributed by atoms with Crippen LogP contribution >= 0.6 is 0 Å². The summed E-state index contributed by atoms with van der Waals surface area (Å²) in [4.78, 5) is 3.13. The molecule has 0 amide bonds. The Morgan fingerprint density at radius 2 is 1.94 bits per heavy atom. The van der Waals surface area contributed by atoms with Gasteiger partial charge in [-0.1, -0.05) is 0 Å². The van der Waals surface area contributed by atoms with Gasteiger partial charge in [0.25, 0.3) is 6.43 Å². The van der Waals surface area contributed by atoms with E-state index in [2.05, 4.69) is 9.72 Å². The zero-order valence-corrected chi connectivity index (χ0v) is 7.98. The SMILES string of the molecule is COc1nc(N)c(C(F)(F)F)cc1C(F)F. The number of ether oxygens (including phenoxy) is 1. The molecule has 90 valence electrons. The minimum atomic E-state index is -4.83. The molecule has 0 fully saturated rings. The van der Waals surface area contributed by atoms with Crippen LogP contribution in [0.5, 0.6) is 5.88 Å². The number of alkyl halides is 5. The molecule has 0 unspecified atom stereocenters. The van der Waals surface area contributed by atoms with Gasteiger partial charge in [0.1, 0.15) is 5.82 Å².